The van der Waals surface area contributed by atoms with E-state index in [9.17, 15) is 10.0 Å². The summed E-state index contributed by atoms with van der Waals surface area (Å²) in [4.78, 5) is 26.3. The van der Waals surface area contributed by atoms with Crippen molar-refractivity contribution in [1.29, 1.82) is 0 Å². The summed E-state index contributed by atoms with van der Waals surface area (Å²) in [5, 5.41) is 27.0. The molecule has 2 aliphatic rings. The minimum Gasteiger partial charge on any atom is -0.733 e. The van der Waals surface area contributed by atoms with Crippen molar-refractivity contribution < 1.29 is 10.0 Å². The van der Waals surface area contributed by atoms with Crippen molar-refractivity contribution in [3.05, 3.63) is 57.7 Å². The quantitative estimate of drug-likeness (QED) is 0.236. The molecule has 2 aliphatic heterocycles. The second-order valence-electron chi connectivity index (χ2n) is 9.10. The van der Waals surface area contributed by atoms with E-state index in [4.69, 9.17) is 39.1 Å². The molecule has 1 aromatic carbocycles. The van der Waals surface area contributed by atoms with Gasteiger partial charge in [0, 0.05) is 36.8 Å². The van der Waals surface area contributed by atoms with Crippen molar-refractivity contribution in [2.24, 2.45) is 0 Å². The predicted molar refractivity (Wildman–Crippen MR) is 150 cm³/mol. The van der Waals surface area contributed by atoms with Crippen molar-refractivity contribution in [2.75, 3.05) is 59.2 Å². The molecule has 200 valence electrons. The first kappa shape index (κ1) is 26.3. The third kappa shape index (κ3) is 5.42. The van der Waals surface area contributed by atoms with E-state index >= 15 is 0 Å². The van der Waals surface area contributed by atoms with Gasteiger partial charge in [0.2, 0.25) is 5.91 Å². The van der Waals surface area contributed by atoms with Gasteiger partial charge in [-0.1, -0.05) is 23.2 Å². The SMILES string of the molecule is Nc1nc(NCCNc2ccc(N3CCN4CCCC4C3=O)c(-c3ccc(Cl)cc3Cl)n2)ccc1N([O-])O. The number of piperazine rings is 1. The van der Waals surface area contributed by atoms with Crippen LogP contribution in [0.25, 0.3) is 11.3 Å². The summed E-state index contributed by atoms with van der Waals surface area (Å²) in [5.74, 6) is 1.06. The number of rotatable bonds is 8. The van der Waals surface area contributed by atoms with Crippen LogP contribution in [0.3, 0.4) is 0 Å². The van der Waals surface area contributed by atoms with Gasteiger partial charge >= 0.3 is 0 Å². The van der Waals surface area contributed by atoms with E-state index in [0.717, 1.165) is 25.9 Å². The minimum atomic E-state index is -0.325. The van der Waals surface area contributed by atoms with Crippen LogP contribution >= 0.6 is 23.2 Å². The highest BCUT2D eigenvalue weighted by Gasteiger charge is 2.39. The fraction of sp³-hybridized carbons (Fsp3) is 0.320. The molecule has 5 rings (SSSR count). The van der Waals surface area contributed by atoms with Gasteiger partial charge in [-0.2, -0.15) is 0 Å². The maximum absolute atomic E-state index is 13.4. The van der Waals surface area contributed by atoms with E-state index in [0.29, 0.717) is 58.3 Å². The number of hydrogen-bond donors (Lipinski definition) is 4. The maximum Gasteiger partial charge on any atom is 0.244 e. The highest BCUT2D eigenvalue weighted by Crippen LogP contribution is 2.38. The second-order valence-corrected chi connectivity index (χ2v) is 9.94. The number of halogens is 2. The molecule has 2 aromatic heterocycles. The average molecular weight is 558 g/mol. The summed E-state index contributed by atoms with van der Waals surface area (Å²) < 4.78 is 0. The monoisotopic (exact) mass is 557 g/mol. The molecule has 2 saturated heterocycles. The molecule has 1 atom stereocenters. The lowest BCUT2D eigenvalue weighted by Gasteiger charge is -2.37. The average Bonchev–Trinajstić information content (AvgIpc) is 3.37. The summed E-state index contributed by atoms with van der Waals surface area (Å²) in [5.41, 5.74) is 7.57. The molecule has 11 nitrogen and oxygen atoms in total. The summed E-state index contributed by atoms with van der Waals surface area (Å²) in [6.45, 7) is 3.31. The van der Waals surface area contributed by atoms with Crippen LogP contribution in [-0.2, 0) is 4.79 Å². The van der Waals surface area contributed by atoms with E-state index in [1.54, 1.807) is 18.2 Å². The Labute approximate surface area is 229 Å². The molecule has 38 heavy (non-hydrogen) atoms. The van der Waals surface area contributed by atoms with Crippen LogP contribution in [0.2, 0.25) is 10.0 Å². The van der Waals surface area contributed by atoms with Gasteiger partial charge in [0.05, 0.1) is 28.1 Å². The number of nitrogen functional groups attached to an aromatic ring is 1. The van der Waals surface area contributed by atoms with Gasteiger partial charge in [-0.15, -0.1) is 0 Å². The number of carbonyl (C=O) groups is 1. The summed E-state index contributed by atoms with van der Waals surface area (Å²) in [7, 11) is 0. The maximum atomic E-state index is 13.4. The molecule has 3 aromatic rings. The number of nitrogens with zero attached hydrogens (tertiary/aromatic N) is 5. The number of aromatic nitrogens is 2. The van der Waals surface area contributed by atoms with Crippen LogP contribution in [0, 0.1) is 5.21 Å². The Morgan fingerprint density at radius 3 is 2.50 bits per heavy atom. The number of fused-ring (bicyclic) bond motifs is 1. The first-order valence-corrected chi connectivity index (χ1v) is 13.0. The van der Waals surface area contributed by atoms with Crippen molar-refractivity contribution in [3.63, 3.8) is 0 Å². The lowest BCUT2D eigenvalue weighted by Crippen LogP contribution is -2.54. The van der Waals surface area contributed by atoms with Gasteiger partial charge < -0.3 is 31.7 Å². The molecular formula is C25H27Cl2N8O3-. The number of nitrogens with two attached hydrogens (primary N) is 1. The number of hydrogen-bond acceptors (Lipinski definition) is 10. The fourth-order valence-corrected chi connectivity index (χ4v) is 5.39. The number of amides is 1. The van der Waals surface area contributed by atoms with Gasteiger partial charge in [-0.25, -0.2) is 9.97 Å². The van der Waals surface area contributed by atoms with E-state index in [2.05, 4.69) is 20.5 Å². The third-order valence-corrected chi connectivity index (χ3v) is 7.27. The molecule has 0 saturated carbocycles. The van der Waals surface area contributed by atoms with Gasteiger partial charge in [-0.3, -0.25) is 14.9 Å². The number of pyridine rings is 2. The number of benzene rings is 1. The zero-order valence-electron chi connectivity index (χ0n) is 20.4. The zero-order chi connectivity index (χ0) is 26.8. The highest BCUT2D eigenvalue weighted by atomic mass is 35.5. The largest absolute Gasteiger partial charge is 0.733 e. The Bertz CT molecular complexity index is 1340. The van der Waals surface area contributed by atoms with Crippen molar-refractivity contribution >= 4 is 57.9 Å². The molecular weight excluding hydrogens is 531 g/mol. The Morgan fingerprint density at radius 2 is 1.79 bits per heavy atom. The Morgan fingerprint density at radius 1 is 1.05 bits per heavy atom. The van der Waals surface area contributed by atoms with E-state index < -0.39 is 0 Å². The number of carbonyl (C=O) groups excluding carboxylic acids is 1. The molecule has 0 spiro atoms. The van der Waals surface area contributed by atoms with Gasteiger partial charge in [0.1, 0.15) is 11.6 Å². The summed E-state index contributed by atoms with van der Waals surface area (Å²) in [6, 6.07) is 11.8. The molecule has 4 heterocycles. The molecule has 2 fully saturated rings. The Hall–Kier alpha value is -3.35. The van der Waals surface area contributed by atoms with Gasteiger partial charge in [-0.05, 0) is 61.9 Å². The van der Waals surface area contributed by atoms with Crippen LogP contribution in [0.1, 0.15) is 12.8 Å². The lowest BCUT2D eigenvalue weighted by molar-refractivity contribution is -0.124. The minimum absolute atomic E-state index is 0.0878. The standard InChI is InChI=1S/C25H27Cl2N8O3/c26-15-3-4-16(17(27)14-15)23-18(34-13-12-33-11-1-2-20(33)25(34)36)5-7-21(31-23)29-9-10-30-22-8-6-19(35(37)38)24(28)32-22/h3-8,14,20,37H,1-2,9-13H2,(H,29,31)(H3,28,30,32)/q-1. The zero-order valence-corrected chi connectivity index (χ0v) is 21.9. The summed E-state index contributed by atoms with van der Waals surface area (Å²) in [6.07, 6.45) is 1.89. The Balaban J connectivity index is 1.34. The molecule has 1 amide bonds. The fourth-order valence-electron chi connectivity index (χ4n) is 4.89. The highest BCUT2D eigenvalue weighted by molar-refractivity contribution is 6.36. The summed E-state index contributed by atoms with van der Waals surface area (Å²) >= 11 is 12.7. The Kier molecular flexibility index (Phi) is 7.73. The number of nitrogens with one attached hydrogen (secondary N) is 2. The molecule has 0 radical (unpaired) electrons. The third-order valence-electron chi connectivity index (χ3n) is 6.72. The van der Waals surface area contributed by atoms with Crippen LogP contribution in [-0.4, -0.2) is 64.7 Å². The first-order valence-electron chi connectivity index (χ1n) is 12.2. The van der Waals surface area contributed by atoms with E-state index in [1.165, 1.54) is 6.07 Å². The van der Waals surface area contributed by atoms with Crippen LogP contribution in [0.5, 0.6) is 0 Å². The lowest BCUT2D eigenvalue weighted by atomic mass is 10.1. The van der Waals surface area contributed by atoms with Crippen molar-refractivity contribution in [1.82, 2.24) is 14.9 Å². The molecule has 0 bridgehead atoms. The van der Waals surface area contributed by atoms with E-state index in [1.807, 2.05) is 23.1 Å². The van der Waals surface area contributed by atoms with Crippen molar-refractivity contribution in [3.8, 4) is 11.3 Å². The van der Waals surface area contributed by atoms with Crippen molar-refractivity contribution in [2.45, 2.75) is 18.9 Å². The van der Waals surface area contributed by atoms with Crippen LogP contribution in [0.15, 0.2) is 42.5 Å². The normalized spacial score (nSPS) is 17.4. The van der Waals surface area contributed by atoms with Crippen LogP contribution in [0.4, 0.5) is 28.8 Å². The van der Waals surface area contributed by atoms with Crippen LogP contribution < -0.4 is 26.5 Å². The molecule has 5 N–H and O–H groups in total. The molecule has 13 heteroatoms. The molecule has 0 aliphatic carbocycles. The second kappa shape index (κ2) is 11.2. The van der Waals surface area contributed by atoms with E-state index in [-0.39, 0.29) is 28.7 Å². The number of anilines is 5. The predicted octanol–water partition coefficient (Wildman–Crippen LogP) is 4.06. The van der Waals surface area contributed by atoms with Gasteiger partial charge in [0.25, 0.3) is 0 Å². The smallest absolute Gasteiger partial charge is 0.244 e. The first-order chi connectivity index (χ1) is 18.3. The van der Waals surface area contributed by atoms with Gasteiger partial charge in [0.15, 0.2) is 5.82 Å². The molecule has 1 unspecified atom stereocenters. The topological polar surface area (TPSA) is 146 Å².